The largest absolute Gasteiger partial charge is 0.481 e. The Morgan fingerprint density at radius 1 is 1.40 bits per heavy atom. The molecule has 2 N–H and O–H groups in total. The number of nitrogens with one attached hydrogen (secondary N) is 1. The summed E-state index contributed by atoms with van der Waals surface area (Å²) in [5, 5.41) is 22.1. The topological polar surface area (TPSA) is 110 Å². The number of rotatable bonds is 5. The summed E-state index contributed by atoms with van der Waals surface area (Å²) >= 11 is 3.02. The number of nitro benzene ring substituents is 1. The average molecular weight is 345 g/mol. The Morgan fingerprint density at radius 3 is 2.50 bits per heavy atom. The van der Waals surface area contributed by atoms with E-state index >= 15 is 0 Å². The Hall–Kier alpha value is -1.96. The molecule has 0 aliphatic carbocycles. The highest BCUT2D eigenvalue weighted by atomic mass is 79.9. The number of hydrogen-bond acceptors (Lipinski definition) is 4. The molecule has 2 unspecified atom stereocenters. The van der Waals surface area contributed by atoms with Gasteiger partial charge in [0, 0.05) is 17.7 Å². The van der Waals surface area contributed by atoms with Crippen LogP contribution in [0.4, 0.5) is 5.69 Å². The highest BCUT2D eigenvalue weighted by Gasteiger charge is 2.22. The van der Waals surface area contributed by atoms with E-state index in [2.05, 4.69) is 21.2 Å². The number of aliphatic carboxylic acids is 1. The van der Waals surface area contributed by atoms with Gasteiger partial charge in [0.05, 0.1) is 15.3 Å². The van der Waals surface area contributed by atoms with Crippen molar-refractivity contribution in [2.24, 2.45) is 5.92 Å². The van der Waals surface area contributed by atoms with Gasteiger partial charge in [0.25, 0.3) is 11.6 Å². The van der Waals surface area contributed by atoms with Crippen molar-refractivity contribution in [3.63, 3.8) is 0 Å². The monoisotopic (exact) mass is 344 g/mol. The van der Waals surface area contributed by atoms with Gasteiger partial charge in [-0.2, -0.15) is 0 Å². The molecule has 2 atom stereocenters. The molecule has 7 nitrogen and oxygen atoms in total. The Morgan fingerprint density at radius 2 is 2.00 bits per heavy atom. The van der Waals surface area contributed by atoms with Crippen molar-refractivity contribution in [2.45, 2.75) is 19.9 Å². The number of carbonyl (C=O) groups is 2. The fourth-order valence-corrected chi connectivity index (χ4v) is 1.81. The third kappa shape index (κ3) is 3.77. The lowest BCUT2D eigenvalue weighted by atomic mass is 10.0. The summed E-state index contributed by atoms with van der Waals surface area (Å²) < 4.78 is 0.269. The molecule has 1 aromatic carbocycles. The van der Waals surface area contributed by atoms with Crippen molar-refractivity contribution in [2.75, 3.05) is 0 Å². The van der Waals surface area contributed by atoms with E-state index in [1.54, 1.807) is 6.92 Å². The third-order valence-electron chi connectivity index (χ3n) is 2.90. The molecule has 0 bridgehead atoms. The van der Waals surface area contributed by atoms with Crippen LogP contribution in [-0.2, 0) is 4.79 Å². The van der Waals surface area contributed by atoms with Gasteiger partial charge in [0.2, 0.25) is 0 Å². The fraction of sp³-hybridized carbons (Fsp3) is 0.333. The van der Waals surface area contributed by atoms with E-state index in [1.165, 1.54) is 19.1 Å². The van der Waals surface area contributed by atoms with Crippen LogP contribution in [0.1, 0.15) is 24.2 Å². The van der Waals surface area contributed by atoms with E-state index in [0.717, 1.165) is 6.07 Å². The van der Waals surface area contributed by atoms with Gasteiger partial charge in [-0.25, -0.2) is 0 Å². The summed E-state index contributed by atoms with van der Waals surface area (Å²) in [6.07, 6.45) is 0. The molecule has 0 heterocycles. The average Bonchev–Trinajstić information content (AvgIpc) is 2.37. The maximum Gasteiger partial charge on any atom is 0.308 e. The number of halogens is 1. The first kappa shape index (κ1) is 16.1. The molecule has 0 aliphatic rings. The molecule has 0 radical (unpaired) electrons. The van der Waals surface area contributed by atoms with Crippen LogP contribution in [0.15, 0.2) is 22.7 Å². The predicted octanol–water partition coefficient (Wildman–Crippen LogP) is 2.20. The molecular formula is C12H13BrN2O5. The smallest absolute Gasteiger partial charge is 0.308 e. The van der Waals surface area contributed by atoms with Gasteiger partial charge < -0.3 is 10.4 Å². The lowest BCUT2D eigenvalue weighted by molar-refractivity contribution is -0.385. The van der Waals surface area contributed by atoms with E-state index in [4.69, 9.17) is 5.11 Å². The van der Waals surface area contributed by atoms with Crippen LogP contribution in [-0.4, -0.2) is 27.9 Å². The Kier molecular flexibility index (Phi) is 5.20. The number of carboxylic acid groups (broad SMARTS) is 1. The van der Waals surface area contributed by atoms with Gasteiger partial charge in [0.1, 0.15) is 0 Å². The zero-order chi connectivity index (χ0) is 15.4. The lowest BCUT2D eigenvalue weighted by Gasteiger charge is -2.17. The third-order valence-corrected chi connectivity index (χ3v) is 3.57. The minimum absolute atomic E-state index is 0.101. The number of nitrogens with zero attached hydrogens (tertiary/aromatic N) is 1. The Bertz CT molecular complexity index is 561. The van der Waals surface area contributed by atoms with Crippen LogP contribution in [0.5, 0.6) is 0 Å². The summed E-state index contributed by atoms with van der Waals surface area (Å²) in [4.78, 5) is 32.9. The first-order chi connectivity index (χ1) is 9.23. The van der Waals surface area contributed by atoms with Crippen LogP contribution < -0.4 is 5.32 Å². The number of hydrogen-bond donors (Lipinski definition) is 2. The van der Waals surface area contributed by atoms with E-state index in [-0.39, 0.29) is 15.7 Å². The molecule has 8 heteroatoms. The van der Waals surface area contributed by atoms with Crippen LogP contribution in [0.2, 0.25) is 0 Å². The zero-order valence-corrected chi connectivity index (χ0v) is 12.4. The Labute approximate surface area is 123 Å². The minimum atomic E-state index is -1.03. The minimum Gasteiger partial charge on any atom is -0.481 e. The molecule has 0 aliphatic heterocycles. The van der Waals surface area contributed by atoms with Crippen LogP contribution >= 0.6 is 15.9 Å². The van der Waals surface area contributed by atoms with Gasteiger partial charge in [0.15, 0.2) is 0 Å². The van der Waals surface area contributed by atoms with Crippen LogP contribution in [0.25, 0.3) is 0 Å². The lowest BCUT2D eigenvalue weighted by Crippen LogP contribution is -2.40. The molecule has 1 amide bonds. The summed E-state index contributed by atoms with van der Waals surface area (Å²) in [6.45, 7) is 3.03. The highest BCUT2D eigenvalue weighted by molar-refractivity contribution is 9.10. The van der Waals surface area contributed by atoms with Gasteiger partial charge in [-0.1, -0.05) is 0 Å². The predicted molar refractivity (Wildman–Crippen MR) is 74.5 cm³/mol. The fourth-order valence-electron chi connectivity index (χ4n) is 1.42. The number of carboxylic acids is 1. The summed E-state index contributed by atoms with van der Waals surface area (Å²) in [5.74, 6) is -2.34. The van der Waals surface area contributed by atoms with Crippen molar-refractivity contribution in [3.8, 4) is 0 Å². The van der Waals surface area contributed by atoms with Gasteiger partial charge in [-0.05, 0) is 41.9 Å². The summed E-state index contributed by atoms with van der Waals surface area (Å²) in [5.41, 5.74) is -0.124. The molecule has 0 spiro atoms. The van der Waals surface area contributed by atoms with Gasteiger partial charge in [-0.3, -0.25) is 19.7 Å². The number of amides is 1. The molecule has 1 rings (SSSR count). The normalized spacial score (nSPS) is 13.3. The summed E-state index contributed by atoms with van der Waals surface area (Å²) in [7, 11) is 0. The molecule has 20 heavy (non-hydrogen) atoms. The van der Waals surface area contributed by atoms with Crippen LogP contribution in [0.3, 0.4) is 0 Å². The van der Waals surface area contributed by atoms with E-state index < -0.39 is 28.8 Å². The van der Waals surface area contributed by atoms with Gasteiger partial charge in [-0.15, -0.1) is 0 Å². The first-order valence-corrected chi connectivity index (χ1v) is 6.51. The molecule has 0 saturated carbocycles. The second-order valence-electron chi connectivity index (χ2n) is 4.31. The Balaban J connectivity index is 2.91. The maximum atomic E-state index is 11.9. The van der Waals surface area contributed by atoms with Crippen LogP contribution in [0, 0.1) is 16.0 Å². The van der Waals surface area contributed by atoms with Crippen molar-refractivity contribution >= 4 is 33.5 Å². The molecule has 0 saturated heterocycles. The molecule has 0 fully saturated rings. The second-order valence-corrected chi connectivity index (χ2v) is 5.17. The first-order valence-electron chi connectivity index (χ1n) is 5.71. The molecule has 1 aromatic rings. The SMILES string of the molecule is CC(NC(=O)c1ccc(Br)c([N+](=O)[O-])c1)C(C)C(=O)O. The second kappa shape index (κ2) is 6.47. The van der Waals surface area contributed by atoms with E-state index in [0.29, 0.717) is 0 Å². The molecule has 0 aromatic heterocycles. The number of nitro groups is 1. The molecule has 108 valence electrons. The number of benzene rings is 1. The van der Waals surface area contributed by atoms with Crippen molar-refractivity contribution in [1.29, 1.82) is 0 Å². The molecular weight excluding hydrogens is 332 g/mol. The van der Waals surface area contributed by atoms with E-state index in [9.17, 15) is 19.7 Å². The van der Waals surface area contributed by atoms with Crippen molar-refractivity contribution in [3.05, 3.63) is 38.3 Å². The van der Waals surface area contributed by atoms with E-state index in [1.807, 2.05) is 0 Å². The zero-order valence-electron chi connectivity index (χ0n) is 10.8. The van der Waals surface area contributed by atoms with Gasteiger partial charge >= 0.3 is 5.97 Å². The quantitative estimate of drug-likeness (QED) is 0.628. The standard InChI is InChI=1S/C12H13BrN2O5/c1-6(12(17)18)7(2)14-11(16)8-3-4-9(13)10(5-8)15(19)20/h3-7H,1-2H3,(H,14,16)(H,17,18). The summed E-state index contributed by atoms with van der Waals surface area (Å²) in [6, 6.07) is 3.36. The highest BCUT2D eigenvalue weighted by Crippen LogP contribution is 2.25. The number of carbonyl (C=O) groups excluding carboxylic acids is 1. The maximum absolute atomic E-state index is 11.9. The van der Waals surface area contributed by atoms with Crippen molar-refractivity contribution < 1.29 is 19.6 Å². The van der Waals surface area contributed by atoms with Crippen molar-refractivity contribution in [1.82, 2.24) is 5.32 Å².